The normalized spacial score (nSPS) is 10.2. The molecule has 1 aromatic carbocycles. The molecule has 0 spiro atoms. The molecule has 1 rings (SSSR count). The van der Waals surface area contributed by atoms with Gasteiger partial charge in [-0.25, -0.2) is 0 Å². The molecule has 0 saturated heterocycles. The van der Waals surface area contributed by atoms with Crippen molar-refractivity contribution in [1.82, 2.24) is 0 Å². The minimum Gasteiger partial charge on any atom is -0.398 e. The molecule has 0 aliphatic rings. The van der Waals surface area contributed by atoms with Crippen LogP contribution in [0.3, 0.4) is 0 Å². The zero-order chi connectivity index (χ0) is 9.46. The number of benzene rings is 1. The zero-order valence-electron chi connectivity index (χ0n) is 7.31. The van der Waals surface area contributed by atoms with Crippen molar-refractivity contribution in [3.63, 3.8) is 0 Å². The van der Waals surface area contributed by atoms with E-state index in [4.69, 9.17) is 22.9 Å². The van der Waals surface area contributed by atoms with Crippen molar-refractivity contribution in [2.45, 2.75) is 13.8 Å². The van der Waals surface area contributed by atoms with Crippen molar-refractivity contribution in [3.05, 3.63) is 11.1 Å². The lowest BCUT2D eigenvalue weighted by molar-refractivity contribution is 1.39. The summed E-state index contributed by atoms with van der Waals surface area (Å²) in [4.78, 5) is 0. The molecule has 0 amide bonds. The van der Waals surface area contributed by atoms with Crippen LogP contribution < -0.4 is 22.9 Å². The Morgan fingerprint density at radius 2 is 0.917 bits per heavy atom. The maximum Gasteiger partial charge on any atom is 0.0788 e. The molecule has 12 heavy (non-hydrogen) atoms. The Bertz CT molecular complexity index is 225. The molecule has 0 bridgehead atoms. The lowest BCUT2D eigenvalue weighted by Gasteiger charge is -2.13. The Kier molecular flexibility index (Phi) is 1.76. The van der Waals surface area contributed by atoms with Crippen LogP contribution in [0.4, 0.5) is 22.7 Å². The van der Waals surface area contributed by atoms with Crippen LogP contribution in [-0.2, 0) is 0 Å². The Morgan fingerprint density at radius 1 is 0.583 bits per heavy atom. The summed E-state index contributed by atoms with van der Waals surface area (Å²) in [5, 5.41) is 0. The van der Waals surface area contributed by atoms with Gasteiger partial charge in [0.25, 0.3) is 0 Å². The first kappa shape index (κ1) is 8.52. The zero-order valence-corrected chi connectivity index (χ0v) is 7.31. The smallest absolute Gasteiger partial charge is 0.0788 e. The van der Waals surface area contributed by atoms with Gasteiger partial charge >= 0.3 is 0 Å². The third kappa shape index (κ3) is 0.922. The molecule has 4 nitrogen and oxygen atoms in total. The van der Waals surface area contributed by atoms with Gasteiger partial charge in [0.05, 0.1) is 17.1 Å². The van der Waals surface area contributed by atoms with E-state index in [1.165, 1.54) is 0 Å². The van der Waals surface area contributed by atoms with Crippen molar-refractivity contribution in [2.24, 2.45) is 0 Å². The van der Waals surface area contributed by atoms with Gasteiger partial charge in [-0.05, 0) is 25.0 Å². The van der Waals surface area contributed by atoms with Gasteiger partial charge in [-0.3, -0.25) is 0 Å². The molecular formula is C8H14N4. The van der Waals surface area contributed by atoms with Crippen LogP contribution >= 0.6 is 0 Å². The second kappa shape index (κ2) is 2.48. The van der Waals surface area contributed by atoms with E-state index in [9.17, 15) is 0 Å². The van der Waals surface area contributed by atoms with Gasteiger partial charge in [-0.2, -0.15) is 0 Å². The van der Waals surface area contributed by atoms with Crippen LogP contribution in [0, 0.1) is 13.8 Å². The minimum atomic E-state index is 0.430. The standard InChI is InChI=1S/C8H14N4/c1-3-5(9)4(2)7(11)8(12)6(3)10/h9-12H2,1-2H3. The van der Waals surface area contributed by atoms with Crippen LogP contribution in [0.15, 0.2) is 0 Å². The Hall–Kier alpha value is -1.58. The molecule has 66 valence electrons. The maximum absolute atomic E-state index is 5.74. The van der Waals surface area contributed by atoms with Crippen LogP contribution in [0.2, 0.25) is 0 Å². The van der Waals surface area contributed by atoms with E-state index in [0.717, 1.165) is 11.1 Å². The summed E-state index contributed by atoms with van der Waals surface area (Å²) in [5.74, 6) is 0. The number of hydrogen-bond donors (Lipinski definition) is 4. The van der Waals surface area contributed by atoms with Crippen molar-refractivity contribution in [2.75, 3.05) is 22.9 Å². The highest BCUT2D eigenvalue weighted by molar-refractivity contribution is 5.88. The van der Waals surface area contributed by atoms with E-state index in [1.54, 1.807) is 0 Å². The van der Waals surface area contributed by atoms with Gasteiger partial charge in [0.2, 0.25) is 0 Å². The lowest BCUT2D eigenvalue weighted by Crippen LogP contribution is -2.07. The van der Waals surface area contributed by atoms with E-state index < -0.39 is 0 Å². The molecule has 0 saturated carbocycles. The van der Waals surface area contributed by atoms with Crippen molar-refractivity contribution in [1.29, 1.82) is 0 Å². The summed E-state index contributed by atoms with van der Waals surface area (Å²) in [5.41, 5.74) is 26.3. The van der Waals surface area contributed by atoms with E-state index in [0.29, 0.717) is 22.7 Å². The second-order valence-corrected chi connectivity index (χ2v) is 2.90. The quantitative estimate of drug-likeness (QED) is 0.424. The molecule has 0 heterocycles. The SMILES string of the molecule is Cc1c(N)c(C)c(N)c(N)c1N. The molecule has 0 atom stereocenters. The number of nitrogen functional groups attached to an aromatic ring is 4. The third-order valence-electron chi connectivity index (χ3n) is 2.20. The molecule has 1 aromatic rings. The van der Waals surface area contributed by atoms with Gasteiger partial charge in [-0.15, -0.1) is 0 Å². The van der Waals surface area contributed by atoms with Gasteiger partial charge in [0.15, 0.2) is 0 Å². The fraction of sp³-hybridized carbons (Fsp3) is 0.250. The van der Waals surface area contributed by atoms with Crippen molar-refractivity contribution < 1.29 is 0 Å². The molecular weight excluding hydrogens is 152 g/mol. The topological polar surface area (TPSA) is 104 Å². The number of hydrogen-bond acceptors (Lipinski definition) is 4. The first-order valence-electron chi connectivity index (χ1n) is 3.65. The largest absolute Gasteiger partial charge is 0.398 e. The van der Waals surface area contributed by atoms with Crippen LogP contribution in [-0.4, -0.2) is 0 Å². The summed E-state index contributed by atoms with van der Waals surface area (Å²) in [6.45, 7) is 3.65. The van der Waals surface area contributed by atoms with Crippen molar-refractivity contribution >= 4 is 22.7 Å². The van der Waals surface area contributed by atoms with Gasteiger partial charge < -0.3 is 22.9 Å². The summed E-state index contributed by atoms with van der Waals surface area (Å²) in [6.07, 6.45) is 0. The molecule has 4 heteroatoms. The average Bonchev–Trinajstić information content (AvgIpc) is 2.08. The van der Waals surface area contributed by atoms with Crippen LogP contribution in [0.1, 0.15) is 11.1 Å². The highest BCUT2D eigenvalue weighted by atomic mass is 14.8. The highest BCUT2D eigenvalue weighted by Gasteiger charge is 2.10. The van der Waals surface area contributed by atoms with Gasteiger partial charge in [0, 0.05) is 5.69 Å². The number of nitrogens with two attached hydrogens (primary N) is 4. The van der Waals surface area contributed by atoms with Crippen molar-refractivity contribution in [3.8, 4) is 0 Å². The minimum absolute atomic E-state index is 0.430. The predicted octanol–water partition coefficient (Wildman–Crippen LogP) is 0.632. The van der Waals surface area contributed by atoms with E-state index in [1.807, 2.05) is 13.8 Å². The van der Waals surface area contributed by atoms with Crippen LogP contribution in [0.5, 0.6) is 0 Å². The number of rotatable bonds is 0. The highest BCUT2D eigenvalue weighted by Crippen LogP contribution is 2.34. The summed E-state index contributed by atoms with van der Waals surface area (Å²) in [7, 11) is 0. The van der Waals surface area contributed by atoms with Crippen LogP contribution in [0.25, 0.3) is 0 Å². The first-order chi connectivity index (χ1) is 5.46. The molecule has 0 aliphatic carbocycles. The van der Waals surface area contributed by atoms with E-state index >= 15 is 0 Å². The number of anilines is 4. The fourth-order valence-corrected chi connectivity index (χ4v) is 1.12. The monoisotopic (exact) mass is 166 g/mol. The summed E-state index contributed by atoms with van der Waals surface area (Å²) < 4.78 is 0. The molecule has 8 N–H and O–H groups in total. The molecule has 0 aromatic heterocycles. The predicted molar refractivity (Wildman–Crippen MR) is 53.6 cm³/mol. The van der Waals surface area contributed by atoms with Gasteiger partial charge in [-0.1, -0.05) is 0 Å². The molecule has 0 fully saturated rings. The molecule has 0 unspecified atom stereocenters. The molecule has 0 radical (unpaired) electrons. The maximum atomic E-state index is 5.74. The third-order valence-corrected chi connectivity index (χ3v) is 2.20. The fourth-order valence-electron chi connectivity index (χ4n) is 1.12. The second-order valence-electron chi connectivity index (χ2n) is 2.90. The first-order valence-corrected chi connectivity index (χ1v) is 3.65. The lowest BCUT2D eigenvalue weighted by atomic mass is 10.0. The average molecular weight is 166 g/mol. The van der Waals surface area contributed by atoms with Gasteiger partial charge in [0.1, 0.15) is 0 Å². The Morgan fingerprint density at radius 3 is 1.25 bits per heavy atom. The molecule has 0 aliphatic heterocycles. The van der Waals surface area contributed by atoms with E-state index in [2.05, 4.69) is 0 Å². The van der Waals surface area contributed by atoms with E-state index in [-0.39, 0.29) is 0 Å². The summed E-state index contributed by atoms with van der Waals surface area (Å²) in [6, 6.07) is 0. The summed E-state index contributed by atoms with van der Waals surface area (Å²) >= 11 is 0. The Balaban J connectivity index is 3.60. The Labute approximate surface area is 71.5 Å².